The summed E-state index contributed by atoms with van der Waals surface area (Å²) in [6.45, 7) is 2.56. The van der Waals surface area contributed by atoms with Crippen molar-refractivity contribution in [3.63, 3.8) is 0 Å². The summed E-state index contributed by atoms with van der Waals surface area (Å²) < 4.78 is 45.4. The molecule has 1 atom stereocenters. The van der Waals surface area contributed by atoms with Crippen LogP contribution in [0, 0.1) is 12.8 Å². The lowest BCUT2D eigenvalue weighted by atomic mass is 9.90. The third-order valence-corrected chi connectivity index (χ3v) is 8.87. The van der Waals surface area contributed by atoms with E-state index in [1.165, 1.54) is 48.8 Å². The molecule has 0 aliphatic heterocycles. The molecule has 0 saturated heterocycles. The second kappa shape index (κ2) is 11.7. The molecule has 1 unspecified atom stereocenters. The monoisotopic (exact) mass is 557 g/mol. The molecule has 1 N–H and O–H groups in total. The standard InChI is InChI=1S/C27H28Cl2F3NO2S/c1-16-25(36-26(33-16)19-7-11-20(12-8-19)27(30,31)32)22(35-15-17-5-3-2-4-6-17)14-10-18-9-13-21(34)24(29)23(18)28/h7-9,11-13,17,22,34H,2-6,10,14-15H2,1H3. The van der Waals surface area contributed by atoms with E-state index < -0.39 is 11.7 Å². The summed E-state index contributed by atoms with van der Waals surface area (Å²) >= 11 is 13.9. The molecule has 1 aliphatic rings. The number of nitrogens with zero attached hydrogens (tertiary/aromatic N) is 1. The largest absolute Gasteiger partial charge is 0.506 e. The number of aryl methyl sites for hydroxylation is 2. The molecule has 1 aliphatic carbocycles. The van der Waals surface area contributed by atoms with Gasteiger partial charge in [-0.2, -0.15) is 13.2 Å². The molecular formula is C27H28Cl2F3NO2S. The van der Waals surface area contributed by atoms with Gasteiger partial charge >= 0.3 is 6.18 Å². The number of benzene rings is 2. The number of thiazole rings is 1. The van der Waals surface area contributed by atoms with Crippen molar-refractivity contribution >= 4 is 34.5 Å². The molecule has 3 aromatic rings. The Morgan fingerprint density at radius 2 is 1.75 bits per heavy atom. The third kappa shape index (κ3) is 6.55. The van der Waals surface area contributed by atoms with Gasteiger partial charge in [0.05, 0.1) is 33.9 Å². The zero-order valence-corrected chi connectivity index (χ0v) is 22.2. The predicted octanol–water partition coefficient (Wildman–Crippen LogP) is 9.42. The minimum atomic E-state index is -4.38. The Hall–Kier alpha value is -1.80. The smallest absolute Gasteiger partial charge is 0.416 e. The van der Waals surface area contributed by atoms with Crippen molar-refractivity contribution in [3.05, 3.63) is 68.1 Å². The number of aromatic hydroxyl groups is 1. The van der Waals surface area contributed by atoms with Gasteiger partial charge in [-0.25, -0.2) is 4.98 Å². The van der Waals surface area contributed by atoms with Crippen LogP contribution in [-0.4, -0.2) is 16.7 Å². The molecule has 1 heterocycles. The normalized spacial score (nSPS) is 15.8. The van der Waals surface area contributed by atoms with Crippen LogP contribution in [0.3, 0.4) is 0 Å². The molecule has 194 valence electrons. The minimum absolute atomic E-state index is 0.0602. The van der Waals surface area contributed by atoms with Crippen molar-refractivity contribution in [3.8, 4) is 16.3 Å². The number of ether oxygens (including phenoxy) is 1. The van der Waals surface area contributed by atoms with Crippen LogP contribution in [0.4, 0.5) is 13.2 Å². The van der Waals surface area contributed by atoms with Crippen molar-refractivity contribution in [2.45, 2.75) is 64.1 Å². The van der Waals surface area contributed by atoms with Gasteiger partial charge in [0, 0.05) is 5.56 Å². The van der Waals surface area contributed by atoms with E-state index in [4.69, 9.17) is 27.9 Å². The molecule has 4 rings (SSSR count). The Bertz CT molecular complexity index is 1170. The fourth-order valence-corrected chi connectivity index (χ4v) is 6.18. The number of phenols is 1. The zero-order chi connectivity index (χ0) is 25.9. The van der Waals surface area contributed by atoms with E-state index in [9.17, 15) is 18.3 Å². The van der Waals surface area contributed by atoms with E-state index in [0.717, 1.165) is 41.1 Å². The van der Waals surface area contributed by atoms with Gasteiger partial charge in [0.15, 0.2) is 0 Å². The number of hydrogen-bond acceptors (Lipinski definition) is 4. The first-order valence-electron chi connectivity index (χ1n) is 12.1. The molecule has 0 radical (unpaired) electrons. The second-order valence-corrected chi connectivity index (χ2v) is 11.1. The zero-order valence-electron chi connectivity index (χ0n) is 19.9. The minimum Gasteiger partial charge on any atom is -0.506 e. The molecule has 0 spiro atoms. The maximum Gasteiger partial charge on any atom is 0.416 e. The van der Waals surface area contributed by atoms with Crippen molar-refractivity contribution in [2.24, 2.45) is 5.92 Å². The third-order valence-electron chi connectivity index (χ3n) is 6.66. The highest BCUT2D eigenvalue weighted by molar-refractivity contribution is 7.15. The van der Waals surface area contributed by atoms with E-state index in [-0.39, 0.29) is 16.9 Å². The van der Waals surface area contributed by atoms with Gasteiger partial charge in [0.1, 0.15) is 15.8 Å². The summed E-state index contributed by atoms with van der Waals surface area (Å²) in [6.07, 6.45) is 2.62. The molecule has 36 heavy (non-hydrogen) atoms. The van der Waals surface area contributed by atoms with E-state index in [2.05, 4.69) is 4.98 Å². The Balaban J connectivity index is 1.56. The van der Waals surface area contributed by atoms with Gasteiger partial charge in [-0.3, -0.25) is 0 Å². The lowest BCUT2D eigenvalue weighted by molar-refractivity contribution is -0.137. The Morgan fingerprint density at radius 3 is 2.42 bits per heavy atom. The molecule has 9 heteroatoms. The molecular weight excluding hydrogens is 530 g/mol. The average molecular weight is 558 g/mol. The van der Waals surface area contributed by atoms with E-state index >= 15 is 0 Å². The lowest BCUT2D eigenvalue weighted by Gasteiger charge is -2.25. The molecule has 2 aromatic carbocycles. The number of halogens is 5. The van der Waals surface area contributed by atoms with Crippen LogP contribution in [0.2, 0.25) is 10.0 Å². The van der Waals surface area contributed by atoms with Crippen LogP contribution < -0.4 is 0 Å². The first-order chi connectivity index (χ1) is 17.1. The maximum absolute atomic E-state index is 13.0. The molecule has 0 bridgehead atoms. The summed E-state index contributed by atoms with van der Waals surface area (Å²) in [5.41, 5.74) is 1.58. The molecule has 1 aromatic heterocycles. The number of phenolic OH excluding ortho intramolecular Hbond substituents is 1. The summed E-state index contributed by atoms with van der Waals surface area (Å²) in [6, 6.07) is 8.37. The maximum atomic E-state index is 13.0. The summed E-state index contributed by atoms with van der Waals surface area (Å²) in [5, 5.41) is 10.9. The van der Waals surface area contributed by atoms with E-state index in [1.807, 2.05) is 6.92 Å². The van der Waals surface area contributed by atoms with Gasteiger partial charge in [-0.1, -0.05) is 60.7 Å². The van der Waals surface area contributed by atoms with Crippen LogP contribution in [-0.2, 0) is 17.3 Å². The quantitative estimate of drug-likeness (QED) is 0.300. The highest BCUT2D eigenvalue weighted by atomic mass is 35.5. The highest BCUT2D eigenvalue weighted by Gasteiger charge is 2.30. The van der Waals surface area contributed by atoms with Crippen LogP contribution in [0.1, 0.15) is 66.3 Å². The fourth-order valence-electron chi connectivity index (χ4n) is 4.59. The van der Waals surface area contributed by atoms with Crippen LogP contribution in [0.5, 0.6) is 5.75 Å². The van der Waals surface area contributed by atoms with Crippen LogP contribution in [0.25, 0.3) is 10.6 Å². The molecule has 1 fully saturated rings. The molecule has 3 nitrogen and oxygen atoms in total. The Kier molecular flexibility index (Phi) is 8.87. The van der Waals surface area contributed by atoms with Crippen LogP contribution >= 0.6 is 34.5 Å². The van der Waals surface area contributed by atoms with Crippen molar-refractivity contribution in [1.82, 2.24) is 4.98 Å². The first-order valence-corrected chi connectivity index (χ1v) is 13.6. The van der Waals surface area contributed by atoms with Gasteiger partial charge < -0.3 is 9.84 Å². The van der Waals surface area contributed by atoms with E-state index in [0.29, 0.717) is 41.0 Å². The van der Waals surface area contributed by atoms with Crippen molar-refractivity contribution in [1.29, 1.82) is 0 Å². The second-order valence-electron chi connectivity index (χ2n) is 9.28. The molecule has 1 saturated carbocycles. The summed E-state index contributed by atoms with van der Waals surface area (Å²) in [5.74, 6) is 0.463. The topological polar surface area (TPSA) is 42.4 Å². The number of hydrogen-bond donors (Lipinski definition) is 1. The van der Waals surface area contributed by atoms with Crippen molar-refractivity contribution in [2.75, 3.05) is 6.61 Å². The predicted molar refractivity (Wildman–Crippen MR) is 139 cm³/mol. The van der Waals surface area contributed by atoms with Gasteiger partial charge in [0.25, 0.3) is 0 Å². The van der Waals surface area contributed by atoms with Crippen molar-refractivity contribution < 1.29 is 23.0 Å². The molecule has 0 amide bonds. The van der Waals surface area contributed by atoms with E-state index in [1.54, 1.807) is 6.07 Å². The summed E-state index contributed by atoms with van der Waals surface area (Å²) in [4.78, 5) is 5.62. The number of rotatable bonds is 8. The Labute approximate surface area is 223 Å². The van der Waals surface area contributed by atoms with Gasteiger partial charge in [-0.15, -0.1) is 11.3 Å². The Morgan fingerprint density at radius 1 is 1.06 bits per heavy atom. The van der Waals surface area contributed by atoms with Crippen LogP contribution in [0.15, 0.2) is 36.4 Å². The number of alkyl halides is 3. The number of aromatic nitrogens is 1. The first kappa shape index (κ1) is 27.2. The summed E-state index contributed by atoms with van der Waals surface area (Å²) in [7, 11) is 0. The van der Waals surface area contributed by atoms with Gasteiger partial charge in [-0.05, 0) is 62.3 Å². The highest BCUT2D eigenvalue weighted by Crippen LogP contribution is 2.40. The lowest BCUT2D eigenvalue weighted by Crippen LogP contribution is -2.16. The van der Waals surface area contributed by atoms with Gasteiger partial charge in [0.2, 0.25) is 0 Å². The SMILES string of the molecule is Cc1nc(-c2ccc(C(F)(F)F)cc2)sc1C(CCc1ccc(O)c(Cl)c1Cl)OCC1CCCCC1. The fraction of sp³-hybridized carbons (Fsp3) is 0.444. The average Bonchev–Trinajstić information content (AvgIpc) is 3.25.